The van der Waals surface area contributed by atoms with Crippen LogP contribution in [0.25, 0.3) is 11.3 Å². The number of amides is 1. The second-order valence-electron chi connectivity index (χ2n) is 3.74. The Hall–Kier alpha value is -2.10. The SMILES string of the molecule is NC(=O)c1n[nH]nc1-c1cc(C(F)(F)F)cc(Br)c1O. The summed E-state index contributed by atoms with van der Waals surface area (Å²) >= 11 is 2.81. The Bertz CT molecular complexity index is 684. The maximum Gasteiger partial charge on any atom is 0.416 e. The monoisotopic (exact) mass is 350 g/mol. The van der Waals surface area contributed by atoms with Gasteiger partial charge in [0.2, 0.25) is 0 Å². The molecular weight excluding hydrogens is 345 g/mol. The fourth-order valence-corrected chi connectivity index (χ4v) is 1.99. The van der Waals surface area contributed by atoms with E-state index in [1.54, 1.807) is 0 Å². The number of hydrogen-bond acceptors (Lipinski definition) is 4. The number of phenols is 1. The van der Waals surface area contributed by atoms with E-state index in [0.717, 1.165) is 0 Å². The van der Waals surface area contributed by atoms with Crippen LogP contribution in [0.5, 0.6) is 5.75 Å². The number of nitrogens with zero attached hydrogens (tertiary/aromatic N) is 2. The number of halogens is 4. The number of rotatable bonds is 2. The van der Waals surface area contributed by atoms with Crippen molar-refractivity contribution in [2.75, 3.05) is 0 Å². The van der Waals surface area contributed by atoms with Crippen LogP contribution in [-0.2, 0) is 6.18 Å². The average molecular weight is 351 g/mol. The summed E-state index contributed by atoms with van der Waals surface area (Å²) in [6.45, 7) is 0. The molecule has 0 aliphatic heterocycles. The first-order chi connectivity index (χ1) is 9.21. The van der Waals surface area contributed by atoms with Crippen LogP contribution < -0.4 is 5.73 Å². The van der Waals surface area contributed by atoms with Gasteiger partial charge in [-0.1, -0.05) is 0 Å². The van der Waals surface area contributed by atoms with Crippen molar-refractivity contribution < 1.29 is 23.1 Å². The van der Waals surface area contributed by atoms with Crippen molar-refractivity contribution in [1.82, 2.24) is 15.4 Å². The van der Waals surface area contributed by atoms with Crippen molar-refractivity contribution in [1.29, 1.82) is 0 Å². The molecule has 1 aromatic carbocycles. The molecule has 0 aliphatic carbocycles. The molecule has 10 heteroatoms. The van der Waals surface area contributed by atoms with Gasteiger partial charge in [-0.05, 0) is 28.1 Å². The first-order valence-corrected chi connectivity index (χ1v) is 5.81. The number of benzene rings is 1. The molecular formula is C10H6BrF3N4O2. The van der Waals surface area contributed by atoms with E-state index in [0.29, 0.717) is 12.1 Å². The van der Waals surface area contributed by atoms with E-state index in [4.69, 9.17) is 5.73 Å². The molecule has 0 spiro atoms. The molecule has 0 saturated heterocycles. The lowest BCUT2D eigenvalue weighted by Gasteiger charge is -2.11. The Balaban J connectivity index is 2.70. The third-order valence-electron chi connectivity index (χ3n) is 2.43. The Morgan fingerprint density at radius 1 is 1.35 bits per heavy atom. The van der Waals surface area contributed by atoms with Gasteiger partial charge in [0.1, 0.15) is 11.4 Å². The van der Waals surface area contributed by atoms with Gasteiger partial charge in [0.05, 0.1) is 10.0 Å². The molecule has 1 aromatic heterocycles. The van der Waals surface area contributed by atoms with Gasteiger partial charge in [-0.15, -0.1) is 0 Å². The zero-order chi connectivity index (χ0) is 15.1. The molecule has 0 atom stereocenters. The predicted octanol–water partition coefficient (Wildman–Crippen LogP) is 2.06. The van der Waals surface area contributed by atoms with Crippen molar-refractivity contribution in [3.8, 4) is 17.0 Å². The van der Waals surface area contributed by atoms with Gasteiger partial charge in [0.25, 0.3) is 5.91 Å². The van der Waals surface area contributed by atoms with Gasteiger partial charge in [0.15, 0.2) is 5.69 Å². The topological polar surface area (TPSA) is 105 Å². The molecule has 1 amide bonds. The first kappa shape index (κ1) is 14.3. The van der Waals surface area contributed by atoms with Crippen molar-refractivity contribution in [3.05, 3.63) is 27.9 Å². The largest absolute Gasteiger partial charge is 0.506 e. The number of aromatic hydroxyl groups is 1. The number of nitrogens with two attached hydrogens (primary N) is 1. The molecule has 0 fully saturated rings. The molecule has 0 saturated carbocycles. The zero-order valence-corrected chi connectivity index (χ0v) is 11.1. The maximum atomic E-state index is 12.7. The van der Waals surface area contributed by atoms with Gasteiger partial charge < -0.3 is 10.8 Å². The van der Waals surface area contributed by atoms with Gasteiger partial charge in [-0.3, -0.25) is 4.79 Å². The Labute approximate surface area is 117 Å². The van der Waals surface area contributed by atoms with Gasteiger partial charge in [-0.2, -0.15) is 28.6 Å². The lowest BCUT2D eigenvalue weighted by molar-refractivity contribution is -0.137. The Kier molecular flexibility index (Phi) is 3.42. The van der Waals surface area contributed by atoms with Crippen LogP contribution in [0.1, 0.15) is 16.1 Å². The molecule has 0 unspecified atom stereocenters. The van der Waals surface area contributed by atoms with Gasteiger partial charge in [0, 0.05) is 5.56 Å². The second kappa shape index (κ2) is 4.78. The van der Waals surface area contributed by atoms with Crippen molar-refractivity contribution in [2.45, 2.75) is 6.18 Å². The number of alkyl halides is 3. The van der Waals surface area contributed by atoms with E-state index < -0.39 is 23.4 Å². The van der Waals surface area contributed by atoms with Crippen LogP contribution in [-0.4, -0.2) is 26.4 Å². The van der Waals surface area contributed by atoms with Crippen LogP contribution in [0.15, 0.2) is 16.6 Å². The van der Waals surface area contributed by atoms with E-state index in [2.05, 4.69) is 31.3 Å². The van der Waals surface area contributed by atoms with Crippen molar-refractivity contribution in [2.24, 2.45) is 5.73 Å². The summed E-state index contributed by atoms with van der Waals surface area (Å²) in [7, 11) is 0. The third kappa shape index (κ3) is 2.46. The predicted molar refractivity (Wildman–Crippen MR) is 64.7 cm³/mol. The standard InChI is InChI=1S/C10H6BrF3N4O2/c11-5-2-3(10(12,13)14)1-4(8(5)19)6-7(9(15)20)17-18-16-6/h1-2,19H,(H2,15,20)(H,16,17,18). The normalized spacial score (nSPS) is 11.6. The molecule has 0 bridgehead atoms. The quantitative estimate of drug-likeness (QED) is 0.770. The summed E-state index contributed by atoms with van der Waals surface area (Å²) in [5.41, 5.74) is 3.07. The Morgan fingerprint density at radius 2 is 2.00 bits per heavy atom. The van der Waals surface area contributed by atoms with Gasteiger partial charge in [-0.25, -0.2) is 0 Å². The first-order valence-electron chi connectivity index (χ1n) is 5.02. The maximum absolute atomic E-state index is 12.7. The van der Waals surface area contributed by atoms with Crippen LogP contribution in [0.2, 0.25) is 0 Å². The van der Waals surface area contributed by atoms with E-state index >= 15 is 0 Å². The fraction of sp³-hybridized carbons (Fsp3) is 0.100. The highest BCUT2D eigenvalue weighted by molar-refractivity contribution is 9.10. The van der Waals surface area contributed by atoms with Crippen LogP contribution in [0, 0.1) is 0 Å². The number of nitrogens with one attached hydrogen (secondary N) is 1. The average Bonchev–Trinajstić information content (AvgIpc) is 2.80. The summed E-state index contributed by atoms with van der Waals surface area (Å²) in [5.74, 6) is -1.49. The number of phenolic OH excluding ortho intramolecular Hbond substituents is 1. The lowest BCUT2D eigenvalue weighted by atomic mass is 10.0. The summed E-state index contributed by atoms with van der Waals surface area (Å²) < 4.78 is 38.0. The number of aromatic amines is 1. The summed E-state index contributed by atoms with van der Waals surface area (Å²) in [5, 5.41) is 18.9. The molecule has 1 heterocycles. The molecule has 2 rings (SSSR count). The summed E-state index contributed by atoms with van der Waals surface area (Å²) in [4.78, 5) is 11.1. The summed E-state index contributed by atoms with van der Waals surface area (Å²) in [6.07, 6.45) is -4.62. The molecule has 0 aliphatic rings. The molecule has 4 N–H and O–H groups in total. The molecule has 2 aromatic rings. The molecule has 106 valence electrons. The molecule has 0 radical (unpaired) electrons. The number of H-pyrrole nitrogens is 1. The second-order valence-corrected chi connectivity index (χ2v) is 4.59. The van der Waals surface area contributed by atoms with Crippen LogP contribution >= 0.6 is 15.9 Å². The fourth-order valence-electron chi connectivity index (χ4n) is 1.53. The lowest BCUT2D eigenvalue weighted by Crippen LogP contribution is -2.13. The highest BCUT2D eigenvalue weighted by Gasteiger charge is 2.33. The van der Waals surface area contributed by atoms with E-state index in [1.807, 2.05) is 0 Å². The number of aromatic nitrogens is 3. The number of primary amides is 1. The minimum Gasteiger partial charge on any atom is -0.506 e. The van der Waals surface area contributed by atoms with E-state index in [-0.39, 0.29) is 21.4 Å². The Morgan fingerprint density at radius 3 is 2.55 bits per heavy atom. The minimum atomic E-state index is -4.62. The highest BCUT2D eigenvalue weighted by Crippen LogP contribution is 2.41. The van der Waals surface area contributed by atoms with E-state index in [1.165, 1.54) is 0 Å². The zero-order valence-electron chi connectivity index (χ0n) is 9.49. The third-order valence-corrected chi connectivity index (χ3v) is 3.03. The van der Waals surface area contributed by atoms with Crippen LogP contribution in [0.4, 0.5) is 13.2 Å². The molecule has 20 heavy (non-hydrogen) atoms. The number of hydrogen-bond donors (Lipinski definition) is 3. The molecule has 6 nitrogen and oxygen atoms in total. The number of carbonyl (C=O) groups is 1. The summed E-state index contributed by atoms with van der Waals surface area (Å²) in [6, 6.07) is 1.37. The van der Waals surface area contributed by atoms with Crippen LogP contribution in [0.3, 0.4) is 0 Å². The van der Waals surface area contributed by atoms with Gasteiger partial charge >= 0.3 is 6.18 Å². The number of carbonyl (C=O) groups excluding carboxylic acids is 1. The smallest absolute Gasteiger partial charge is 0.416 e. The minimum absolute atomic E-state index is 0.194. The van der Waals surface area contributed by atoms with Crippen molar-refractivity contribution >= 4 is 21.8 Å². The highest BCUT2D eigenvalue weighted by atomic mass is 79.9. The van der Waals surface area contributed by atoms with Crippen molar-refractivity contribution in [3.63, 3.8) is 0 Å². The van der Waals surface area contributed by atoms with E-state index in [9.17, 15) is 23.1 Å².